The van der Waals surface area contributed by atoms with Gasteiger partial charge in [0.15, 0.2) is 0 Å². The summed E-state index contributed by atoms with van der Waals surface area (Å²) in [6.45, 7) is 2.20. The van der Waals surface area contributed by atoms with Crippen molar-refractivity contribution in [3.63, 3.8) is 0 Å². The molecule has 0 unspecified atom stereocenters. The second kappa shape index (κ2) is 14.9. The molecular weight excluding hydrogens is 310 g/mol. The zero-order valence-corrected chi connectivity index (χ0v) is 14.6. The molecular formula is C20H30F2O2. The van der Waals surface area contributed by atoms with Gasteiger partial charge in [0.05, 0.1) is 0 Å². The number of unbranched alkanes of at least 4 members (excludes halogenated alkanes) is 3. The highest BCUT2D eigenvalue weighted by Crippen LogP contribution is 2.20. The largest absolute Gasteiger partial charge is 0.477 e. The Kier molecular flexibility index (Phi) is 13.8. The van der Waals surface area contributed by atoms with Crippen LogP contribution in [0.4, 0.5) is 8.78 Å². The van der Waals surface area contributed by atoms with E-state index in [-0.39, 0.29) is 6.42 Å². The molecule has 4 heteroatoms. The number of carboxylic acid groups (broad SMARTS) is 1. The molecule has 0 aromatic rings. The molecule has 136 valence electrons. The minimum Gasteiger partial charge on any atom is -0.477 e. The van der Waals surface area contributed by atoms with Crippen LogP contribution in [0.3, 0.4) is 0 Å². The molecule has 0 radical (unpaired) electrons. The van der Waals surface area contributed by atoms with Crippen molar-refractivity contribution in [1.82, 2.24) is 0 Å². The molecule has 24 heavy (non-hydrogen) atoms. The van der Waals surface area contributed by atoms with Crippen LogP contribution in [0.25, 0.3) is 0 Å². The van der Waals surface area contributed by atoms with Crippen LogP contribution in [0, 0.1) is 0 Å². The van der Waals surface area contributed by atoms with Gasteiger partial charge in [0.2, 0.25) is 0 Å². The van der Waals surface area contributed by atoms with Crippen molar-refractivity contribution >= 4 is 5.97 Å². The van der Waals surface area contributed by atoms with E-state index in [1.165, 1.54) is 19.3 Å². The first-order valence-electron chi connectivity index (χ1n) is 8.72. The third-order valence-corrected chi connectivity index (χ3v) is 3.40. The predicted octanol–water partition coefficient (Wildman–Crippen LogP) is 6.46. The lowest BCUT2D eigenvalue weighted by atomic mass is 10.1. The normalized spacial score (nSPS) is 13.1. The Morgan fingerprint density at radius 2 is 1.29 bits per heavy atom. The number of alkyl halides is 2. The van der Waals surface area contributed by atoms with E-state index in [0.29, 0.717) is 6.42 Å². The third kappa shape index (κ3) is 13.9. The fraction of sp³-hybridized carbons (Fsp3) is 0.550. The average Bonchev–Trinajstić information content (AvgIpc) is 2.54. The quantitative estimate of drug-likeness (QED) is 0.291. The van der Waals surface area contributed by atoms with Gasteiger partial charge in [-0.2, -0.15) is 8.78 Å². The summed E-state index contributed by atoms with van der Waals surface area (Å²) < 4.78 is 25.5. The van der Waals surface area contributed by atoms with Crippen molar-refractivity contribution in [3.05, 3.63) is 48.6 Å². The van der Waals surface area contributed by atoms with Crippen LogP contribution >= 0.6 is 0 Å². The van der Waals surface area contributed by atoms with Crippen LogP contribution in [-0.2, 0) is 4.79 Å². The maximum atomic E-state index is 12.8. The highest BCUT2D eigenvalue weighted by atomic mass is 19.3. The molecule has 0 atom stereocenters. The maximum Gasteiger partial charge on any atom is 0.374 e. The Morgan fingerprint density at radius 3 is 1.75 bits per heavy atom. The predicted molar refractivity (Wildman–Crippen MR) is 96.4 cm³/mol. The van der Waals surface area contributed by atoms with E-state index < -0.39 is 18.3 Å². The summed E-state index contributed by atoms with van der Waals surface area (Å²) in [5.41, 5.74) is 0. The van der Waals surface area contributed by atoms with Crippen LogP contribution in [0.5, 0.6) is 0 Å². The lowest BCUT2D eigenvalue weighted by Crippen LogP contribution is -2.27. The van der Waals surface area contributed by atoms with Crippen LogP contribution in [0.2, 0.25) is 0 Å². The number of halogens is 2. The van der Waals surface area contributed by atoms with E-state index in [1.54, 1.807) is 12.2 Å². The summed E-state index contributed by atoms with van der Waals surface area (Å²) in [5.74, 6) is -5.69. The monoisotopic (exact) mass is 340 g/mol. The fourth-order valence-electron chi connectivity index (χ4n) is 1.93. The first-order valence-corrected chi connectivity index (χ1v) is 8.72. The number of hydrogen-bond acceptors (Lipinski definition) is 1. The number of allylic oxidation sites excluding steroid dienone is 8. The summed E-state index contributed by atoms with van der Waals surface area (Å²) in [7, 11) is 0. The molecule has 0 bridgehead atoms. The molecule has 0 amide bonds. The Bertz CT molecular complexity index is 435. The second-order valence-corrected chi connectivity index (χ2v) is 5.64. The van der Waals surface area contributed by atoms with Gasteiger partial charge in [0.25, 0.3) is 0 Å². The summed E-state index contributed by atoms with van der Waals surface area (Å²) >= 11 is 0. The first-order chi connectivity index (χ1) is 11.5. The second-order valence-electron chi connectivity index (χ2n) is 5.64. The SMILES string of the molecule is CCCCC/C=C\C/C=C\C/C=C\C/C=C\CCC(F)(F)C(=O)O. The van der Waals surface area contributed by atoms with Crippen LogP contribution in [0.15, 0.2) is 48.6 Å². The van der Waals surface area contributed by atoms with Gasteiger partial charge in [-0.15, -0.1) is 0 Å². The van der Waals surface area contributed by atoms with E-state index in [4.69, 9.17) is 5.11 Å². The Morgan fingerprint density at radius 1 is 0.833 bits per heavy atom. The molecule has 0 aromatic carbocycles. The van der Waals surface area contributed by atoms with Gasteiger partial charge >= 0.3 is 11.9 Å². The van der Waals surface area contributed by atoms with E-state index >= 15 is 0 Å². The van der Waals surface area contributed by atoms with Gasteiger partial charge in [0, 0.05) is 6.42 Å². The van der Waals surface area contributed by atoms with Crippen molar-refractivity contribution in [1.29, 1.82) is 0 Å². The lowest BCUT2D eigenvalue weighted by Gasteiger charge is -2.08. The molecule has 0 saturated carbocycles. The molecule has 2 nitrogen and oxygen atoms in total. The minimum atomic E-state index is -3.63. The van der Waals surface area contributed by atoms with Crippen LogP contribution < -0.4 is 0 Å². The number of carbonyl (C=O) groups is 1. The van der Waals surface area contributed by atoms with Crippen molar-refractivity contribution in [2.45, 2.75) is 70.6 Å². The summed E-state index contributed by atoms with van der Waals surface area (Å²) in [5, 5.41) is 8.27. The van der Waals surface area contributed by atoms with Gasteiger partial charge in [-0.05, 0) is 38.5 Å². The van der Waals surface area contributed by atoms with Gasteiger partial charge in [-0.1, -0.05) is 68.4 Å². The summed E-state index contributed by atoms with van der Waals surface area (Å²) in [4.78, 5) is 10.2. The Hall–Kier alpha value is -1.71. The molecule has 0 spiro atoms. The molecule has 1 N–H and O–H groups in total. The lowest BCUT2D eigenvalue weighted by molar-refractivity contribution is -0.165. The summed E-state index contributed by atoms with van der Waals surface area (Å²) in [6, 6.07) is 0. The molecule has 0 aliphatic heterocycles. The van der Waals surface area contributed by atoms with E-state index in [2.05, 4.69) is 31.2 Å². The topological polar surface area (TPSA) is 37.3 Å². The molecule has 0 saturated heterocycles. The number of rotatable bonds is 14. The highest BCUT2D eigenvalue weighted by Gasteiger charge is 2.37. The standard InChI is InChI=1S/C20H30F2O2/c1-2-3-4-5-6-7-8-9-10-11-12-13-14-15-16-17-18-20(21,22)19(23)24/h6-7,9-10,12-13,15-16H,2-5,8,11,14,17-18H2,1H3,(H,23,24)/b7-6-,10-9-,13-12-,16-15-. The van der Waals surface area contributed by atoms with Gasteiger partial charge < -0.3 is 5.11 Å². The first kappa shape index (κ1) is 22.3. The van der Waals surface area contributed by atoms with Crippen LogP contribution in [0.1, 0.15) is 64.7 Å². The fourth-order valence-corrected chi connectivity index (χ4v) is 1.93. The minimum absolute atomic E-state index is 0.0671. The van der Waals surface area contributed by atoms with Gasteiger partial charge in [0.1, 0.15) is 0 Å². The number of hydrogen-bond donors (Lipinski definition) is 1. The molecule has 0 aliphatic rings. The molecule has 0 heterocycles. The summed E-state index contributed by atoms with van der Waals surface area (Å²) in [6.07, 6.45) is 22.9. The van der Waals surface area contributed by atoms with E-state index in [9.17, 15) is 13.6 Å². The smallest absolute Gasteiger partial charge is 0.374 e. The van der Waals surface area contributed by atoms with Crippen molar-refractivity contribution in [2.75, 3.05) is 0 Å². The Balaban J connectivity index is 3.60. The number of carboxylic acids is 1. The maximum absolute atomic E-state index is 12.8. The van der Waals surface area contributed by atoms with Gasteiger partial charge in [-0.3, -0.25) is 0 Å². The zero-order chi connectivity index (χ0) is 18.1. The zero-order valence-electron chi connectivity index (χ0n) is 14.6. The van der Waals surface area contributed by atoms with Crippen molar-refractivity contribution in [3.8, 4) is 0 Å². The van der Waals surface area contributed by atoms with Crippen molar-refractivity contribution < 1.29 is 18.7 Å². The van der Waals surface area contributed by atoms with E-state index in [1.807, 2.05) is 12.2 Å². The number of aliphatic carboxylic acids is 1. The molecule has 0 aromatic heterocycles. The van der Waals surface area contributed by atoms with Crippen LogP contribution in [-0.4, -0.2) is 17.0 Å². The van der Waals surface area contributed by atoms with E-state index in [0.717, 1.165) is 19.3 Å². The van der Waals surface area contributed by atoms with Crippen molar-refractivity contribution in [2.24, 2.45) is 0 Å². The molecule has 0 fully saturated rings. The average molecular weight is 340 g/mol. The third-order valence-electron chi connectivity index (χ3n) is 3.40. The molecule has 0 rings (SSSR count). The molecule has 0 aliphatic carbocycles. The van der Waals surface area contributed by atoms with Gasteiger partial charge in [-0.25, -0.2) is 4.79 Å². The Labute approximate surface area is 144 Å². The highest BCUT2D eigenvalue weighted by molar-refractivity contribution is 5.75.